The molecule has 3 rings (SSSR count). The molecule has 0 radical (unpaired) electrons. The minimum absolute atomic E-state index is 0.0478. The predicted molar refractivity (Wildman–Crippen MR) is 58.4 cm³/mol. The molecular formula is C11H16N2S. The minimum Gasteiger partial charge on any atom is -0.320 e. The van der Waals surface area contributed by atoms with Crippen molar-refractivity contribution < 1.29 is 0 Å². The zero-order valence-corrected chi connectivity index (χ0v) is 9.53. The average molecular weight is 208 g/mol. The van der Waals surface area contributed by atoms with Crippen molar-refractivity contribution in [1.82, 2.24) is 4.98 Å². The van der Waals surface area contributed by atoms with E-state index in [1.807, 2.05) is 0 Å². The van der Waals surface area contributed by atoms with Gasteiger partial charge in [-0.3, -0.25) is 0 Å². The topological polar surface area (TPSA) is 38.9 Å². The number of thiazole rings is 1. The zero-order valence-electron chi connectivity index (χ0n) is 8.71. The van der Waals surface area contributed by atoms with Crippen molar-refractivity contribution >= 4 is 11.3 Å². The van der Waals surface area contributed by atoms with E-state index in [-0.39, 0.29) is 5.54 Å². The van der Waals surface area contributed by atoms with Gasteiger partial charge in [-0.25, -0.2) is 4.98 Å². The summed E-state index contributed by atoms with van der Waals surface area (Å²) < 4.78 is 0. The van der Waals surface area contributed by atoms with Crippen molar-refractivity contribution in [2.75, 3.05) is 0 Å². The SMILES string of the molecule is CC1(C)CC1c1nc(C2(N)CC2)cs1. The fourth-order valence-corrected chi connectivity index (χ4v) is 3.19. The summed E-state index contributed by atoms with van der Waals surface area (Å²) in [5.41, 5.74) is 7.69. The number of rotatable bonds is 2. The number of aromatic nitrogens is 1. The van der Waals surface area contributed by atoms with Gasteiger partial charge < -0.3 is 5.73 Å². The molecule has 2 aliphatic carbocycles. The van der Waals surface area contributed by atoms with Crippen molar-refractivity contribution in [1.29, 1.82) is 0 Å². The molecule has 14 heavy (non-hydrogen) atoms. The van der Waals surface area contributed by atoms with Gasteiger partial charge in [0.1, 0.15) is 0 Å². The van der Waals surface area contributed by atoms with Gasteiger partial charge in [-0.15, -0.1) is 11.3 Å². The fourth-order valence-electron chi connectivity index (χ4n) is 1.96. The van der Waals surface area contributed by atoms with E-state index in [0.717, 1.165) is 18.5 Å². The van der Waals surface area contributed by atoms with Crippen LogP contribution in [0.5, 0.6) is 0 Å². The van der Waals surface area contributed by atoms with Gasteiger partial charge in [0.25, 0.3) is 0 Å². The molecule has 0 aromatic carbocycles. The third kappa shape index (κ3) is 1.22. The Morgan fingerprint density at radius 1 is 1.50 bits per heavy atom. The first-order chi connectivity index (χ1) is 6.51. The molecule has 1 heterocycles. The van der Waals surface area contributed by atoms with Gasteiger partial charge in [0, 0.05) is 11.3 Å². The Morgan fingerprint density at radius 2 is 2.14 bits per heavy atom. The number of hydrogen-bond acceptors (Lipinski definition) is 3. The highest BCUT2D eigenvalue weighted by Gasteiger charge is 2.49. The van der Waals surface area contributed by atoms with E-state index in [1.165, 1.54) is 11.4 Å². The molecule has 0 spiro atoms. The molecule has 76 valence electrons. The Hall–Kier alpha value is -0.410. The first kappa shape index (κ1) is 8.86. The third-order valence-electron chi connectivity index (χ3n) is 3.63. The monoisotopic (exact) mass is 208 g/mol. The molecule has 2 N–H and O–H groups in total. The average Bonchev–Trinajstić information content (AvgIpc) is 2.94. The summed E-state index contributed by atoms with van der Waals surface area (Å²) in [5, 5.41) is 3.47. The van der Waals surface area contributed by atoms with Crippen molar-refractivity contribution in [3.63, 3.8) is 0 Å². The second-order valence-electron chi connectivity index (χ2n) is 5.47. The Balaban J connectivity index is 1.85. The molecule has 1 aromatic heterocycles. The van der Waals surface area contributed by atoms with Gasteiger partial charge in [-0.05, 0) is 24.7 Å². The second-order valence-corrected chi connectivity index (χ2v) is 6.36. The first-order valence-corrected chi connectivity index (χ1v) is 6.14. The maximum absolute atomic E-state index is 6.11. The smallest absolute Gasteiger partial charge is 0.0965 e. The summed E-state index contributed by atoms with van der Waals surface area (Å²) in [6, 6.07) is 0. The van der Waals surface area contributed by atoms with Crippen molar-refractivity contribution in [2.24, 2.45) is 11.1 Å². The molecule has 1 unspecified atom stereocenters. The maximum Gasteiger partial charge on any atom is 0.0965 e. The summed E-state index contributed by atoms with van der Waals surface area (Å²) in [4.78, 5) is 4.70. The molecular weight excluding hydrogens is 192 g/mol. The summed E-state index contributed by atoms with van der Waals surface area (Å²) in [6.07, 6.45) is 3.52. The highest BCUT2D eigenvalue weighted by Crippen LogP contribution is 2.59. The van der Waals surface area contributed by atoms with Gasteiger partial charge in [0.15, 0.2) is 0 Å². The van der Waals surface area contributed by atoms with Gasteiger partial charge >= 0.3 is 0 Å². The van der Waals surface area contributed by atoms with Gasteiger partial charge in [0.05, 0.1) is 16.2 Å². The van der Waals surface area contributed by atoms with Crippen LogP contribution in [-0.4, -0.2) is 4.98 Å². The van der Waals surface area contributed by atoms with Crippen LogP contribution in [0.25, 0.3) is 0 Å². The highest BCUT2D eigenvalue weighted by molar-refractivity contribution is 7.09. The van der Waals surface area contributed by atoms with Crippen LogP contribution < -0.4 is 5.73 Å². The molecule has 1 atom stereocenters. The number of nitrogens with zero attached hydrogens (tertiary/aromatic N) is 1. The largest absolute Gasteiger partial charge is 0.320 e. The van der Waals surface area contributed by atoms with E-state index in [4.69, 9.17) is 10.7 Å². The predicted octanol–water partition coefficient (Wildman–Crippen LogP) is 2.60. The van der Waals surface area contributed by atoms with Crippen LogP contribution in [0.15, 0.2) is 5.38 Å². The summed E-state index contributed by atoms with van der Waals surface area (Å²) in [6.45, 7) is 4.63. The van der Waals surface area contributed by atoms with Crippen molar-refractivity contribution in [3.05, 3.63) is 16.1 Å². The lowest BCUT2D eigenvalue weighted by molar-refractivity contribution is 0.617. The molecule has 0 saturated heterocycles. The lowest BCUT2D eigenvalue weighted by atomic mass is 10.1. The van der Waals surface area contributed by atoms with Crippen molar-refractivity contribution in [2.45, 2.75) is 44.6 Å². The van der Waals surface area contributed by atoms with Crippen LogP contribution in [-0.2, 0) is 5.54 Å². The Bertz CT molecular complexity index is 376. The van der Waals surface area contributed by atoms with Crippen LogP contribution in [0.4, 0.5) is 0 Å². The third-order valence-corrected chi connectivity index (χ3v) is 4.59. The van der Waals surface area contributed by atoms with Crippen LogP contribution in [0, 0.1) is 5.41 Å². The van der Waals surface area contributed by atoms with Gasteiger partial charge in [0.2, 0.25) is 0 Å². The van der Waals surface area contributed by atoms with E-state index in [1.54, 1.807) is 11.3 Å². The van der Waals surface area contributed by atoms with Crippen LogP contribution in [0.1, 0.15) is 49.7 Å². The summed E-state index contributed by atoms with van der Waals surface area (Å²) in [5.74, 6) is 0.698. The highest BCUT2D eigenvalue weighted by atomic mass is 32.1. The zero-order chi connectivity index (χ0) is 9.97. The lowest BCUT2D eigenvalue weighted by Gasteiger charge is -2.02. The Morgan fingerprint density at radius 3 is 2.64 bits per heavy atom. The molecule has 2 fully saturated rings. The standard InChI is InChI=1S/C11H16N2S/c1-10(2)5-7(10)9-13-8(6-14-9)11(12)3-4-11/h6-7H,3-5,12H2,1-2H3. The molecule has 1 aromatic rings. The lowest BCUT2D eigenvalue weighted by Crippen LogP contribution is -2.19. The van der Waals surface area contributed by atoms with E-state index in [0.29, 0.717) is 11.3 Å². The van der Waals surface area contributed by atoms with Crippen LogP contribution >= 0.6 is 11.3 Å². The number of hydrogen-bond donors (Lipinski definition) is 1. The van der Waals surface area contributed by atoms with Gasteiger partial charge in [-0.1, -0.05) is 13.8 Å². The van der Waals surface area contributed by atoms with Crippen LogP contribution in [0.2, 0.25) is 0 Å². The number of nitrogens with two attached hydrogens (primary N) is 1. The van der Waals surface area contributed by atoms with E-state index in [2.05, 4.69) is 19.2 Å². The van der Waals surface area contributed by atoms with E-state index >= 15 is 0 Å². The molecule has 2 nitrogen and oxygen atoms in total. The second kappa shape index (κ2) is 2.39. The molecule has 0 aliphatic heterocycles. The molecule has 0 bridgehead atoms. The van der Waals surface area contributed by atoms with Crippen molar-refractivity contribution in [3.8, 4) is 0 Å². The molecule has 2 aliphatic rings. The van der Waals surface area contributed by atoms with E-state index < -0.39 is 0 Å². The molecule has 3 heteroatoms. The molecule has 2 saturated carbocycles. The van der Waals surface area contributed by atoms with Crippen LogP contribution in [0.3, 0.4) is 0 Å². The van der Waals surface area contributed by atoms with Gasteiger partial charge in [-0.2, -0.15) is 0 Å². The summed E-state index contributed by atoms with van der Waals surface area (Å²) in [7, 11) is 0. The quantitative estimate of drug-likeness (QED) is 0.811. The molecule has 0 amide bonds. The Kier molecular flexibility index (Phi) is 1.51. The Labute approximate surface area is 88.5 Å². The first-order valence-electron chi connectivity index (χ1n) is 5.26. The normalized spacial score (nSPS) is 31.5. The van der Waals surface area contributed by atoms with E-state index in [9.17, 15) is 0 Å². The maximum atomic E-state index is 6.11. The fraction of sp³-hybridized carbons (Fsp3) is 0.727. The minimum atomic E-state index is -0.0478. The summed E-state index contributed by atoms with van der Waals surface area (Å²) >= 11 is 1.80.